The Labute approximate surface area is 117 Å². The largest absolute Gasteiger partial charge is 0.354 e. The lowest BCUT2D eigenvalue weighted by Crippen LogP contribution is -2.34. The molecule has 0 spiro atoms. The third-order valence-electron chi connectivity index (χ3n) is 3.17. The maximum atomic E-state index is 12.4. The molecule has 20 heavy (non-hydrogen) atoms. The van der Waals surface area contributed by atoms with E-state index in [-0.39, 0.29) is 18.0 Å². The van der Waals surface area contributed by atoms with Crippen LogP contribution >= 0.6 is 0 Å². The van der Waals surface area contributed by atoms with Crippen molar-refractivity contribution in [2.75, 3.05) is 6.54 Å². The van der Waals surface area contributed by atoms with Crippen molar-refractivity contribution in [3.05, 3.63) is 28.3 Å². The van der Waals surface area contributed by atoms with Gasteiger partial charge in [-0.05, 0) is 18.9 Å². The molecule has 0 radical (unpaired) electrons. The molecular weight excluding hydrogens is 256 g/mol. The summed E-state index contributed by atoms with van der Waals surface area (Å²) in [7, 11) is 1.74. The third kappa shape index (κ3) is 2.74. The molecule has 6 heteroatoms. The second-order valence-corrected chi connectivity index (χ2v) is 5.42. The SMILES string of the molecule is Cc1nn(C)c2c(=O)n(CC(=O)NCC(C)C)ccc12. The number of amides is 1. The van der Waals surface area contributed by atoms with Crippen LogP contribution in [0.15, 0.2) is 17.1 Å². The minimum absolute atomic E-state index is 0.0335. The van der Waals surface area contributed by atoms with Crippen LogP contribution in [-0.4, -0.2) is 26.8 Å². The fourth-order valence-corrected chi connectivity index (χ4v) is 2.15. The van der Waals surface area contributed by atoms with E-state index < -0.39 is 0 Å². The first-order chi connectivity index (χ1) is 9.40. The van der Waals surface area contributed by atoms with Gasteiger partial charge in [-0.1, -0.05) is 13.8 Å². The lowest BCUT2D eigenvalue weighted by atomic mass is 10.2. The Balaban J connectivity index is 2.28. The van der Waals surface area contributed by atoms with Gasteiger partial charge in [0.15, 0.2) is 0 Å². The Morgan fingerprint density at radius 3 is 2.80 bits per heavy atom. The minimum Gasteiger partial charge on any atom is -0.354 e. The van der Waals surface area contributed by atoms with Crippen LogP contribution in [0.1, 0.15) is 19.5 Å². The van der Waals surface area contributed by atoms with Gasteiger partial charge in [-0.3, -0.25) is 14.3 Å². The average molecular weight is 276 g/mol. The molecule has 0 aromatic carbocycles. The van der Waals surface area contributed by atoms with Crippen LogP contribution in [0.3, 0.4) is 0 Å². The number of carbonyl (C=O) groups excluding carboxylic acids is 1. The maximum Gasteiger partial charge on any atom is 0.277 e. The summed E-state index contributed by atoms with van der Waals surface area (Å²) in [5, 5.41) is 7.87. The number of aromatic nitrogens is 3. The molecule has 2 aromatic rings. The lowest BCUT2D eigenvalue weighted by Gasteiger charge is -2.09. The van der Waals surface area contributed by atoms with Gasteiger partial charge in [-0.15, -0.1) is 0 Å². The molecule has 0 saturated carbocycles. The summed E-state index contributed by atoms with van der Waals surface area (Å²) in [4.78, 5) is 24.2. The van der Waals surface area contributed by atoms with Crippen LogP contribution in [-0.2, 0) is 18.4 Å². The Bertz CT molecular complexity index is 697. The highest BCUT2D eigenvalue weighted by atomic mass is 16.2. The number of nitrogens with zero attached hydrogens (tertiary/aromatic N) is 3. The van der Waals surface area contributed by atoms with Crippen molar-refractivity contribution in [3.8, 4) is 0 Å². The molecule has 0 aliphatic rings. The molecule has 1 amide bonds. The number of pyridine rings is 1. The van der Waals surface area contributed by atoms with Gasteiger partial charge in [0.05, 0.1) is 5.69 Å². The molecule has 0 atom stereocenters. The summed E-state index contributed by atoms with van der Waals surface area (Å²) in [5.74, 6) is 0.233. The summed E-state index contributed by atoms with van der Waals surface area (Å²) in [6.45, 7) is 6.56. The van der Waals surface area contributed by atoms with Crippen LogP contribution in [0.4, 0.5) is 0 Å². The Morgan fingerprint density at radius 1 is 1.45 bits per heavy atom. The third-order valence-corrected chi connectivity index (χ3v) is 3.17. The van der Waals surface area contributed by atoms with E-state index in [9.17, 15) is 9.59 Å². The van der Waals surface area contributed by atoms with E-state index in [1.165, 1.54) is 4.57 Å². The Morgan fingerprint density at radius 2 is 2.15 bits per heavy atom. The normalized spacial score (nSPS) is 11.2. The summed E-state index contributed by atoms with van der Waals surface area (Å²) in [6.07, 6.45) is 1.65. The second-order valence-electron chi connectivity index (χ2n) is 5.42. The highest BCUT2D eigenvalue weighted by Gasteiger charge is 2.12. The molecule has 2 rings (SSSR count). The van der Waals surface area contributed by atoms with Gasteiger partial charge in [0.1, 0.15) is 12.1 Å². The van der Waals surface area contributed by atoms with E-state index in [2.05, 4.69) is 10.4 Å². The van der Waals surface area contributed by atoms with Crippen molar-refractivity contribution in [1.29, 1.82) is 0 Å². The number of fused-ring (bicyclic) bond motifs is 1. The molecule has 0 fully saturated rings. The van der Waals surface area contributed by atoms with E-state index in [4.69, 9.17) is 0 Å². The number of aryl methyl sites for hydroxylation is 2. The molecule has 0 saturated heterocycles. The van der Waals surface area contributed by atoms with E-state index >= 15 is 0 Å². The van der Waals surface area contributed by atoms with Crippen LogP contribution < -0.4 is 10.9 Å². The molecule has 1 N–H and O–H groups in total. The molecular formula is C14H20N4O2. The van der Waals surface area contributed by atoms with E-state index in [0.29, 0.717) is 18.0 Å². The first-order valence-electron chi connectivity index (χ1n) is 6.69. The molecule has 0 aliphatic heterocycles. The highest BCUT2D eigenvalue weighted by Crippen LogP contribution is 2.12. The summed E-state index contributed by atoms with van der Waals surface area (Å²) in [6, 6.07) is 1.83. The molecule has 108 valence electrons. The van der Waals surface area contributed by atoms with Gasteiger partial charge < -0.3 is 9.88 Å². The van der Waals surface area contributed by atoms with Crippen LogP contribution in [0.2, 0.25) is 0 Å². The Kier molecular flexibility index (Phi) is 3.92. The van der Waals surface area contributed by atoms with Gasteiger partial charge in [-0.25, -0.2) is 0 Å². The van der Waals surface area contributed by atoms with Crippen molar-refractivity contribution in [3.63, 3.8) is 0 Å². The number of nitrogens with one attached hydrogen (secondary N) is 1. The second kappa shape index (κ2) is 5.48. The molecule has 0 bridgehead atoms. The van der Waals surface area contributed by atoms with Crippen molar-refractivity contribution < 1.29 is 4.79 Å². The monoisotopic (exact) mass is 276 g/mol. The first-order valence-corrected chi connectivity index (χ1v) is 6.69. The zero-order valence-corrected chi connectivity index (χ0v) is 12.3. The van der Waals surface area contributed by atoms with Gasteiger partial charge in [0.25, 0.3) is 5.56 Å². The lowest BCUT2D eigenvalue weighted by molar-refractivity contribution is -0.121. The quantitative estimate of drug-likeness (QED) is 0.898. The van der Waals surface area contributed by atoms with E-state index in [1.807, 2.05) is 26.8 Å². The number of rotatable bonds is 4. The maximum absolute atomic E-state index is 12.4. The zero-order valence-electron chi connectivity index (χ0n) is 12.3. The van der Waals surface area contributed by atoms with Gasteiger partial charge in [0, 0.05) is 25.2 Å². The zero-order chi connectivity index (χ0) is 14.9. The summed E-state index contributed by atoms with van der Waals surface area (Å²) >= 11 is 0. The molecule has 0 unspecified atom stereocenters. The standard InChI is InChI=1S/C14H20N4O2/c1-9(2)7-15-12(19)8-18-6-5-11-10(3)16-17(4)13(11)14(18)20/h5-6,9H,7-8H2,1-4H3,(H,15,19). The fourth-order valence-electron chi connectivity index (χ4n) is 2.15. The first kappa shape index (κ1) is 14.3. The summed E-state index contributed by atoms with van der Waals surface area (Å²) in [5.41, 5.74) is 1.16. The van der Waals surface area contributed by atoms with Crippen LogP contribution in [0.5, 0.6) is 0 Å². The number of hydrogen-bond acceptors (Lipinski definition) is 3. The van der Waals surface area contributed by atoms with Gasteiger partial charge in [0.2, 0.25) is 5.91 Å². The predicted octanol–water partition coefficient (Wildman–Crippen LogP) is 0.816. The van der Waals surface area contributed by atoms with Crippen molar-refractivity contribution in [2.45, 2.75) is 27.3 Å². The van der Waals surface area contributed by atoms with Crippen molar-refractivity contribution in [1.82, 2.24) is 19.7 Å². The molecule has 0 aliphatic carbocycles. The summed E-state index contributed by atoms with van der Waals surface area (Å²) < 4.78 is 2.98. The molecule has 2 aromatic heterocycles. The predicted molar refractivity (Wildman–Crippen MR) is 77.6 cm³/mol. The van der Waals surface area contributed by atoms with E-state index in [1.54, 1.807) is 17.9 Å². The van der Waals surface area contributed by atoms with Gasteiger partial charge in [-0.2, -0.15) is 5.10 Å². The molecule has 6 nitrogen and oxygen atoms in total. The molecule has 2 heterocycles. The highest BCUT2D eigenvalue weighted by molar-refractivity contribution is 5.81. The van der Waals surface area contributed by atoms with Crippen LogP contribution in [0, 0.1) is 12.8 Å². The minimum atomic E-state index is -0.190. The van der Waals surface area contributed by atoms with Crippen molar-refractivity contribution >= 4 is 16.8 Å². The van der Waals surface area contributed by atoms with Crippen LogP contribution in [0.25, 0.3) is 10.9 Å². The topological polar surface area (TPSA) is 68.9 Å². The van der Waals surface area contributed by atoms with E-state index in [0.717, 1.165) is 11.1 Å². The average Bonchev–Trinajstić information content (AvgIpc) is 2.66. The smallest absolute Gasteiger partial charge is 0.277 e. The number of carbonyl (C=O) groups is 1. The number of hydrogen-bond donors (Lipinski definition) is 1. The Hall–Kier alpha value is -2.11. The van der Waals surface area contributed by atoms with Gasteiger partial charge >= 0.3 is 0 Å². The van der Waals surface area contributed by atoms with Crippen molar-refractivity contribution in [2.24, 2.45) is 13.0 Å². The fraction of sp³-hybridized carbons (Fsp3) is 0.500.